The Bertz CT molecular complexity index is 1150. The molecule has 0 atom stereocenters. The highest BCUT2D eigenvalue weighted by molar-refractivity contribution is 6.44. The van der Waals surface area contributed by atoms with Crippen molar-refractivity contribution in [2.75, 3.05) is 39.8 Å². The number of nitrogens with zero attached hydrogens (tertiary/aromatic N) is 4. The maximum atomic E-state index is 12.5. The molecule has 0 fully saturated rings. The predicted molar refractivity (Wildman–Crippen MR) is 129 cm³/mol. The number of anilines is 1. The van der Waals surface area contributed by atoms with E-state index >= 15 is 0 Å². The van der Waals surface area contributed by atoms with Crippen LogP contribution in [0, 0.1) is 6.92 Å². The first kappa shape index (κ1) is 24.5. The fourth-order valence-corrected chi connectivity index (χ4v) is 3.18. The molecule has 0 bridgehead atoms. The second-order valence-corrected chi connectivity index (χ2v) is 7.44. The van der Waals surface area contributed by atoms with Gasteiger partial charge in [-0.05, 0) is 24.6 Å². The summed E-state index contributed by atoms with van der Waals surface area (Å²) in [4.78, 5) is 28.0. The molecule has 9 heteroatoms. The van der Waals surface area contributed by atoms with Crippen LogP contribution in [0.3, 0.4) is 0 Å². The third-order valence-electron chi connectivity index (χ3n) is 4.71. The highest BCUT2D eigenvalue weighted by atomic mass is 16.6. The maximum Gasteiger partial charge on any atom is 0.361 e. The lowest BCUT2D eigenvalue weighted by molar-refractivity contribution is -0.132. The average molecular weight is 465 g/mol. The van der Waals surface area contributed by atoms with E-state index in [0.29, 0.717) is 29.7 Å². The molecule has 34 heavy (non-hydrogen) atoms. The van der Waals surface area contributed by atoms with Gasteiger partial charge in [0.2, 0.25) is 11.6 Å². The van der Waals surface area contributed by atoms with Crippen LogP contribution in [0.1, 0.15) is 17.0 Å². The molecule has 0 aliphatic rings. The topological polar surface area (TPSA) is 95.4 Å². The van der Waals surface area contributed by atoms with Gasteiger partial charge < -0.3 is 23.9 Å². The van der Waals surface area contributed by atoms with E-state index in [4.69, 9.17) is 19.0 Å². The molecule has 0 saturated heterocycles. The number of oxime groups is 1. The van der Waals surface area contributed by atoms with Gasteiger partial charge in [-0.25, -0.2) is 9.78 Å². The Kier molecular flexibility index (Phi) is 8.39. The van der Waals surface area contributed by atoms with E-state index in [1.165, 1.54) is 19.8 Å². The first-order valence-corrected chi connectivity index (χ1v) is 10.6. The van der Waals surface area contributed by atoms with Crippen LogP contribution in [0.25, 0.3) is 0 Å². The largest absolute Gasteiger partial charge is 0.493 e. The van der Waals surface area contributed by atoms with Crippen LogP contribution in [-0.2, 0) is 20.8 Å². The van der Waals surface area contributed by atoms with E-state index < -0.39 is 5.97 Å². The number of methoxy groups -OCH3 is 1. The number of benzene rings is 2. The lowest BCUT2D eigenvalue weighted by atomic mass is 10.1. The predicted octanol–water partition coefficient (Wildman–Crippen LogP) is 3.79. The first-order chi connectivity index (χ1) is 16.4. The Morgan fingerprint density at radius 3 is 2.41 bits per heavy atom. The molecule has 3 rings (SSSR count). The summed E-state index contributed by atoms with van der Waals surface area (Å²) in [5.41, 5.74) is 1.33. The number of aromatic nitrogens is 2. The van der Waals surface area contributed by atoms with Crippen LogP contribution in [0.5, 0.6) is 17.4 Å². The Balaban J connectivity index is 1.90. The van der Waals surface area contributed by atoms with Crippen molar-refractivity contribution in [3.05, 3.63) is 71.5 Å². The van der Waals surface area contributed by atoms with E-state index in [1.54, 1.807) is 38.1 Å². The van der Waals surface area contributed by atoms with Gasteiger partial charge in [0.25, 0.3) is 0 Å². The molecule has 0 spiro atoms. The molecule has 0 aliphatic carbocycles. The highest BCUT2D eigenvalue weighted by Gasteiger charge is 2.28. The molecule has 9 nitrogen and oxygen atoms in total. The summed E-state index contributed by atoms with van der Waals surface area (Å²) in [6, 6.07) is 17.3. The second-order valence-electron chi connectivity index (χ2n) is 7.44. The van der Waals surface area contributed by atoms with Gasteiger partial charge in [-0.1, -0.05) is 41.6 Å². The zero-order chi connectivity index (χ0) is 24.5. The summed E-state index contributed by atoms with van der Waals surface area (Å²) in [5, 5.41) is 3.86. The van der Waals surface area contributed by atoms with Crippen molar-refractivity contribution in [2.45, 2.75) is 13.3 Å². The maximum absolute atomic E-state index is 12.5. The third-order valence-corrected chi connectivity index (χ3v) is 4.71. The lowest BCUT2D eigenvalue weighted by Gasteiger charge is -2.19. The normalized spacial score (nSPS) is 11.0. The van der Waals surface area contributed by atoms with E-state index in [0.717, 1.165) is 6.42 Å². The number of ether oxygens (including phenoxy) is 3. The molecule has 2 aromatic carbocycles. The molecule has 0 radical (unpaired) electrons. The van der Waals surface area contributed by atoms with Crippen LogP contribution in [-0.4, -0.2) is 56.6 Å². The quantitative estimate of drug-likeness (QED) is 0.254. The van der Waals surface area contributed by atoms with E-state index in [9.17, 15) is 4.79 Å². The molecule has 1 heterocycles. The third kappa shape index (κ3) is 6.22. The van der Waals surface area contributed by atoms with Gasteiger partial charge in [0.05, 0.1) is 13.7 Å². The monoisotopic (exact) mass is 464 g/mol. The van der Waals surface area contributed by atoms with Gasteiger partial charge >= 0.3 is 5.97 Å². The van der Waals surface area contributed by atoms with Gasteiger partial charge in [0.1, 0.15) is 35.8 Å². The van der Waals surface area contributed by atoms with E-state index in [2.05, 4.69) is 27.3 Å². The van der Waals surface area contributed by atoms with Gasteiger partial charge in [-0.2, -0.15) is 4.98 Å². The van der Waals surface area contributed by atoms with Crippen molar-refractivity contribution in [3.8, 4) is 17.4 Å². The Labute approximate surface area is 198 Å². The molecule has 0 amide bonds. The number of esters is 1. The number of carbonyl (C=O) groups is 1. The molecule has 0 unspecified atom stereocenters. The number of hydrogen-bond acceptors (Lipinski definition) is 9. The van der Waals surface area contributed by atoms with Crippen molar-refractivity contribution in [2.24, 2.45) is 5.16 Å². The van der Waals surface area contributed by atoms with Crippen LogP contribution >= 0.6 is 0 Å². The van der Waals surface area contributed by atoms with Crippen molar-refractivity contribution >= 4 is 17.5 Å². The summed E-state index contributed by atoms with van der Waals surface area (Å²) in [7, 11) is 6.18. The van der Waals surface area contributed by atoms with Crippen molar-refractivity contribution in [1.29, 1.82) is 0 Å². The molecule has 178 valence electrons. The molecular weight excluding hydrogens is 436 g/mol. The summed E-state index contributed by atoms with van der Waals surface area (Å²) in [6.07, 6.45) is 0.781. The minimum atomic E-state index is -0.708. The first-order valence-electron chi connectivity index (χ1n) is 10.6. The Hall–Kier alpha value is -4.14. The molecular formula is C25H28N4O5. The molecule has 0 N–H and O–H groups in total. The zero-order valence-corrected chi connectivity index (χ0v) is 19.9. The number of aryl methyl sites for hydroxylation is 1. The summed E-state index contributed by atoms with van der Waals surface area (Å²) < 4.78 is 16.9. The van der Waals surface area contributed by atoms with Crippen LogP contribution in [0.2, 0.25) is 0 Å². The second kappa shape index (κ2) is 11.6. The van der Waals surface area contributed by atoms with Crippen LogP contribution in [0.15, 0.2) is 59.8 Å². The fraction of sp³-hybridized carbons (Fsp3) is 0.280. The number of rotatable bonds is 10. The van der Waals surface area contributed by atoms with Crippen LogP contribution < -0.4 is 14.4 Å². The Morgan fingerprint density at radius 2 is 1.74 bits per heavy atom. The molecule has 0 saturated carbocycles. The number of hydrogen-bond donors (Lipinski definition) is 0. The molecule has 1 aromatic heterocycles. The van der Waals surface area contributed by atoms with Gasteiger partial charge in [0, 0.05) is 26.6 Å². The lowest BCUT2D eigenvalue weighted by Crippen LogP contribution is -2.24. The summed E-state index contributed by atoms with van der Waals surface area (Å²) >= 11 is 0. The van der Waals surface area contributed by atoms with E-state index in [1.807, 2.05) is 30.3 Å². The van der Waals surface area contributed by atoms with Crippen LogP contribution in [0.4, 0.5) is 5.82 Å². The highest BCUT2D eigenvalue weighted by Crippen LogP contribution is 2.32. The van der Waals surface area contributed by atoms with Crippen molar-refractivity contribution in [3.63, 3.8) is 0 Å². The molecule has 3 aromatic rings. The fourth-order valence-electron chi connectivity index (χ4n) is 3.18. The summed E-state index contributed by atoms with van der Waals surface area (Å²) in [6.45, 7) is 2.25. The van der Waals surface area contributed by atoms with Gasteiger partial charge in [0.15, 0.2) is 0 Å². The Morgan fingerprint density at radius 1 is 1.00 bits per heavy atom. The van der Waals surface area contributed by atoms with E-state index in [-0.39, 0.29) is 17.2 Å². The summed E-state index contributed by atoms with van der Waals surface area (Å²) in [5.74, 6) is 1.44. The van der Waals surface area contributed by atoms with Crippen molar-refractivity contribution < 1.29 is 23.8 Å². The van der Waals surface area contributed by atoms with Crippen molar-refractivity contribution in [1.82, 2.24) is 9.97 Å². The van der Waals surface area contributed by atoms with Gasteiger partial charge in [-0.3, -0.25) is 0 Å². The number of carbonyl (C=O) groups excluding carboxylic acids is 1. The standard InChI is InChI=1S/C25H28N4O5/c1-17-26-23(29(2)3)21(22(28-32-5)25(30)31-4)24(27-17)34-20-13-9-12-19(16-20)33-15-14-18-10-7-6-8-11-18/h6-13,16H,14-15H2,1-5H3. The van der Waals surface area contributed by atoms with Gasteiger partial charge in [-0.15, -0.1) is 0 Å². The minimum Gasteiger partial charge on any atom is -0.493 e. The molecule has 0 aliphatic heterocycles. The zero-order valence-electron chi connectivity index (χ0n) is 19.9. The SMILES string of the molecule is CON=C(C(=O)OC)c1c(Oc2cccc(OCCc3ccccc3)c2)nc(C)nc1N(C)C. The average Bonchev–Trinajstić information content (AvgIpc) is 2.83. The minimum absolute atomic E-state index is 0.112. The smallest absolute Gasteiger partial charge is 0.361 e.